The fraction of sp³-hybridized carbons (Fsp3) is 0.174. The van der Waals surface area contributed by atoms with Crippen LogP contribution in [0.5, 0.6) is 0 Å². The summed E-state index contributed by atoms with van der Waals surface area (Å²) in [6.45, 7) is 4.45. The van der Waals surface area contributed by atoms with Gasteiger partial charge in [-0.2, -0.15) is 0 Å². The first kappa shape index (κ1) is 19.4. The van der Waals surface area contributed by atoms with E-state index in [0.717, 1.165) is 22.5 Å². The van der Waals surface area contributed by atoms with E-state index in [1.807, 2.05) is 50.2 Å². The number of aryl methyl sites for hydroxylation is 2. The lowest BCUT2D eigenvalue weighted by atomic mass is 10.0. The first-order chi connectivity index (χ1) is 13.9. The molecular weight excluding hydrogens is 382 g/mol. The monoisotopic (exact) mass is 405 g/mol. The predicted molar refractivity (Wildman–Crippen MR) is 116 cm³/mol. The Bertz CT molecular complexity index is 1260. The van der Waals surface area contributed by atoms with Gasteiger partial charge in [-0.15, -0.1) is 0 Å². The molecule has 29 heavy (non-hydrogen) atoms. The molecule has 5 nitrogen and oxygen atoms in total. The van der Waals surface area contributed by atoms with E-state index in [0.29, 0.717) is 18.5 Å². The summed E-state index contributed by atoms with van der Waals surface area (Å²) < 4.78 is 28.2. The summed E-state index contributed by atoms with van der Waals surface area (Å²) in [4.78, 5) is 8.00. The average Bonchev–Trinajstić information content (AvgIpc) is 3.14. The highest BCUT2D eigenvalue weighted by atomic mass is 32.2. The van der Waals surface area contributed by atoms with Crippen LogP contribution in [0.15, 0.2) is 71.6 Å². The van der Waals surface area contributed by atoms with Gasteiger partial charge in [-0.1, -0.05) is 54.1 Å². The highest BCUT2D eigenvalue weighted by molar-refractivity contribution is 7.89. The fourth-order valence-corrected chi connectivity index (χ4v) is 4.48. The lowest BCUT2D eigenvalue weighted by Crippen LogP contribution is -2.26. The van der Waals surface area contributed by atoms with Gasteiger partial charge in [0.1, 0.15) is 5.82 Å². The van der Waals surface area contributed by atoms with Crippen molar-refractivity contribution in [1.29, 1.82) is 0 Å². The molecule has 0 fully saturated rings. The van der Waals surface area contributed by atoms with Gasteiger partial charge in [0.25, 0.3) is 0 Å². The van der Waals surface area contributed by atoms with Gasteiger partial charge in [0.15, 0.2) is 0 Å². The number of imidazole rings is 1. The van der Waals surface area contributed by atoms with Crippen molar-refractivity contribution in [2.75, 3.05) is 6.54 Å². The molecule has 0 aliphatic rings. The Morgan fingerprint density at radius 3 is 2.52 bits per heavy atom. The van der Waals surface area contributed by atoms with Gasteiger partial charge in [-0.25, -0.2) is 18.1 Å². The van der Waals surface area contributed by atoms with Crippen LogP contribution < -0.4 is 4.72 Å². The molecule has 148 valence electrons. The highest BCUT2D eigenvalue weighted by Gasteiger charge is 2.16. The van der Waals surface area contributed by atoms with Crippen LogP contribution in [0, 0.1) is 13.8 Å². The number of H-pyrrole nitrogens is 1. The summed E-state index contributed by atoms with van der Waals surface area (Å²) in [6, 6.07) is 20.9. The Labute approximate surface area is 170 Å². The van der Waals surface area contributed by atoms with Crippen LogP contribution in [0.1, 0.15) is 16.7 Å². The quantitative estimate of drug-likeness (QED) is 0.500. The van der Waals surface area contributed by atoms with Gasteiger partial charge in [-0.05, 0) is 49.6 Å². The molecule has 4 aromatic rings. The van der Waals surface area contributed by atoms with Crippen molar-refractivity contribution in [2.24, 2.45) is 0 Å². The van der Waals surface area contributed by atoms with Crippen molar-refractivity contribution >= 4 is 21.1 Å². The van der Waals surface area contributed by atoms with E-state index in [4.69, 9.17) is 0 Å². The molecule has 0 atom stereocenters. The maximum atomic E-state index is 12.7. The number of sulfonamides is 1. The smallest absolute Gasteiger partial charge is 0.240 e. The Morgan fingerprint density at radius 1 is 0.966 bits per heavy atom. The van der Waals surface area contributed by atoms with E-state index in [2.05, 4.69) is 26.8 Å². The summed E-state index contributed by atoms with van der Waals surface area (Å²) in [5, 5.41) is 0. The van der Waals surface area contributed by atoms with Crippen LogP contribution >= 0.6 is 0 Å². The van der Waals surface area contributed by atoms with Crippen LogP contribution in [-0.2, 0) is 16.4 Å². The molecule has 0 unspecified atom stereocenters. The van der Waals surface area contributed by atoms with E-state index < -0.39 is 10.0 Å². The van der Waals surface area contributed by atoms with Crippen molar-refractivity contribution in [2.45, 2.75) is 25.2 Å². The van der Waals surface area contributed by atoms with Gasteiger partial charge in [0, 0.05) is 12.1 Å². The third-order valence-electron chi connectivity index (χ3n) is 5.00. The molecule has 0 aliphatic heterocycles. The second-order valence-corrected chi connectivity index (χ2v) is 8.98. The Morgan fingerprint density at radius 2 is 1.76 bits per heavy atom. The zero-order valence-corrected chi connectivity index (χ0v) is 17.3. The minimum atomic E-state index is -3.60. The minimum Gasteiger partial charge on any atom is -0.338 e. The van der Waals surface area contributed by atoms with E-state index >= 15 is 0 Å². The third kappa shape index (κ3) is 4.23. The largest absolute Gasteiger partial charge is 0.338 e. The number of nitrogens with zero attached hydrogens (tertiary/aromatic N) is 1. The predicted octanol–water partition coefficient (Wildman–Crippen LogP) is 4.37. The van der Waals surface area contributed by atoms with Gasteiger partial charge in [-0.3, -0.25) is 0 Å². The minimum absolute atomic E-state index is 0.230. The molecule has 0 amide bonds. The summed E-state index contributed by atoms with van der Waals surface area (Å²) >= 11 is 0. The Kier molecular flexibility index (Phi) is 5.22. The summed E-state index contributed by atoms with van der Waals surface area (Å²) in [5.41, 5.74) is 5.92. The van der Waals surface area contributed by atoms with Crippen LogP contribution in [0.2, 0.25) is 0 Å². The van der Waals surface area contributed by atoms with Crippen LogP contribution in [-0.4, -0.2) is 24.9 Å². The SMILES string of the molecule is Cc1ccc(CCNS(=O)(=O)c2ccc3nc(-c4ccccc4)[nH]c3c2)c(C)c1. The molecular formula is C23H23N3O2S. The summed E-state index contributed by atoms with van der Waals surface area (Å²) in [7, 11) is -3.60. The molecule has 0 saturated heterocycles. The van der Waals surface area contributed by atoms with Crippen LogP contribution in [0.3, 0.4) is 0 Å². The molecule has 6 heteroatoms. The first-order valence-electron chi connectivity index (χ1n) is 9.53. The van der Waals surface area contributed by atoms with Gasteiger partial charge >= 0.3 is 0 Å². The number of benzene rings is 3. The number of aromatic nitrogens is 2. The molecule has 1 aromatic heterocycles. The molecule has 0 bridgehead atoms. The zero-order chi connectivity index (χ0) is 20.4. The van der Waals surface area contributed by atoms with Crippen molar-refractivity contribution in [3.05, 3.63) is 83.4 Å². The number of fused-ring (bicyclic) bond motifs is 1. The maximum Gasteiger partial charge on any atom is 0.240 e. The van der Waals surface area contributed by atoms with E-state index in [9.17, 15) is 8.42 Å². The number of nitrogens with one attached hydrogen (secondary N) is 2. The molecule has 0 spiro atoms. The number of hydrogen-bond donors (Lipinski definition) is 2. The zero-order valence-electron chi connectivity index (χ0n) is 16.4. The van der Waals surface area contributed by atoms with Crippen molar-refractivity contribution in [3.8, 4) is 11.4 Å². The molecule has 1 heterocycles. The topological polar surface area (TPSA) is 74.8 Å². The van der Waals surface area contributed by atoms with E-state index in [1.54, 1.807) is 18.2 Å². The average molecular weight is 406 g/mol. The molecule has 2 N–H and O–H groups in total. The van der Waals surface area contributed by atoms with Crippen molar-refractivity contribution in [1.82, 2.24) is 14.7 Å². The summed E-state index contributed by atoms with van der Waals surface area (Å²) in [6.07, 6.45) is 0.649. The maximum absolute atomic E-state index is 12.7. The molecule has 4 rings (SSSR count). The molecule has 0 saturated carbocycles. The van der Waals surface area contributed by atoms with Crippen molar-refractivity contribution < 1.29 is 8.42 Å². The lowest BCUT2D eigenvalue weighted by Gasteiger charge is -2.09. The van der Waals surface area contributed by atoms with E-state index in [-0.39, 0.29) is 4.90 Å². The Balaban J connectivity index is 1.51. The van der Waals surface area contributed by atoms with Crippen LogP contribution in [0.4, 0.5) is 0 Å². The number of hydrogen-bond acceptors (Lipinski definition) is 3. The van der Waals surface area contributed by atoms with E-state index in [1.165, 1.54) is 11.1 Å². The first-order valence-corrected chi connectivity index (χ1v) is 11.0. The number of rotatable bonds is 6. The Hall–Kier alpha value is -2.96. The second kappa shape index (κ2) is 7.81. The van der Waals surface area contributed by atoms with Crippen LogP contribution in [0.25, 0.3) is 22.4 Å². The lowest BCUT2D eigenvalue weighted by molar-refractivity contribution is 0.581. The molecule has 0 aliphatic carbocycles. The highest BCUT2D eigenvalue weighted by Crippen LogP contribution is 2.22. The van der Waals surface area contributed by atoms with Gasteiger partial charge in [0.05, 0.1) is 15.9 Å². The van der Waals surface area contributed by atoms with Gasteiger partial charge < -0.3 is 4.98 Å². The second-order valence-electron chi connectivity index (χ2n) is 7.21. The normalized spacial score (nSPS) is 11.8. The summed E-state index contributed by atoms with van der Waals surface area (Å²) in [5.74, 6) is 0.720. The van der Waals surface area contributed by atoms with Gasteiger partial charge in [0.2, 0.25) is 10.0 Å². The molecule has 3 aromatic carbocycles. The number of aromatic amines is 1. The third-order valence-corrected chi connectivity index (χ3v) is 6.45. The molecule has 0 radical (unpaired) electrons. The van der Waals surface area contributed by atoms with Crippen molar-refractivity contribution in [3.63, 3.8) is 0 Å². The standard InChI is InChI=1S/C23H23N3O2S/c1-16-8-9-18(17(2)14-16)12-13-24-29(27,28)20-10-11-21-22(15-20)26-23(25-21)19-6-4-3-5-7-19/h3-11,14-15,24H,12-13H2,1-2H3,(H,25,26). The fourth-order valence-electron chi connectivity index (χ4n) is 3.42.